The average molecular weight is 266 g/mol. The van der Waals surface area contributed by atoms with Gasteiger partial charge in [0.1, 0.15) is 0 Å². The van der Waals surface area contributed by atoms with Gasteiger partial charge in [-0.3, -0.25) is 4.79 Å². The Hall–Kier alpha value is -1.70. The first-order valence-corrected chi connectivity index (χ1v) is 6.73. The predicted octanol–water partition coefficient (Wildman–Crippen LogP) is 1.54. The van der Waals surface area contributed by atoms with Crippen molar-refractivity contribution in [1.82, 2.24) is 10.2 Å². The van der Waals surface area contributed by atoms with Gasteiger partial charge >= 0.3 is 12.0 Å². The standard InChI is InChI=1S/C14H22N2O3/c1-3-9-16(10-12-6-7-12)14(19)15-8-4-5-11(2)13(17)18/h1,11-12H,4-10H2,2H3,(H,15,19)(H,17,18). The molecule has 1 fully saturated rings. The number of rotatable bonds is 8. The minimum Gasteiger partial charge on any atom is -0.481 e. The number of carbonyl (C=O) groups excluding carboxylic acids is 1. The lowest BCUT2D eigenvalue weighted by molar-refractivity contribution is -0.141. The van der Waals surface area contributed by atoms with Crippen LogP contribution in [0.2, 0.25) is 0 Å². The van der Waals surface area contributed by atoms with Crippen LogP contribution in [-0.2, 0) is 4.79 Å². The van der Waals surface area contributed by atoms with E-state index < -0.39 is 5.97 Å². The third-order valence-corrected chi connectivity index (χ3v) is 3.26. The molecule has 1 atom stereocenters. The van der Waals surface area contributed by atoms with Crippen LogP contribution in [0.3, 0.4) is 0 Å². The van der Waals surface area contributed by atoms with Crippen LogP contribution < -0.4 is 5.32 Å². The highest BCUT2D eigenvalue weighted by molar-refractivity contribution is 5.74. The monoisotopic (exact) mass is 266 g/mol. The van der Waals surface area contributed by atoms with Gasteiger partial charge in [-0.1, -0.05) is 12.8 Å². The Bertz CT molecular complexity index is 358. The van der Waals surface area contributed by atoms with Crippen molar-refractivity contribution >= 4 is 12.0 Å². The summed E-state index contributed by atoms with van der Waals surface area (Å²) in [6.07, 6.45) is 8.82. The van der Waals surface area contributed by atoms with E-state index in [0.29, 0.717) is 31.8 Å². The molecule has 1 saturated carbocycles. The van der Waals surface area contributed by atoms with Crippen molar-refractivity contribution in [3.63, 3.8) is 0 Å². The van der Waals surface area contributed by atoms with Gasteiger partial charge in [0, 0.05) is 13.1 Å². The highest BCUT2D eigenvalue weighted by Crippen LogP contribution is 2.29. The maximum atomic E-state index is 11.9. The maximum absolute atomic E-state index is 11.9. The molecule has 0 radical (unpaired) electrons. The molecular weight excluding hydrogens is 244 g/mol. The second kappa shape index (κ2) is 7.67. The van der Waals surface area contributed by atoms with Gasteiger partial charge < -0.3 is 15.3 Å². The predicted molar refractivity (Wildman–Crippen MR) is 72.6 cm³/mol. The summed E-state index contributed by atoms with van der Waals surface area (Å²) in [5.41, 5.74) is 0. The van der Waals surface area contributed by atoms with E-state index in [1.807, 2.05) is 0 Å². The number of aliphatic carboxylic acids is 1. The van der Waals surface area contributed by atoms with E-state index in [1.54, 1.807) is 11.8 Å². The number of hydrogen-bond donors (Lipinski definition) is 2. The van der Waals surface area contributed by atoms with Gasteiger partial charge in [-0.05, 0) is 31.6 Å². The van der Waals surface area contributed by atoms with Crippen molar-refractivity contribution in [1.29, 1.82) is 0 Å². The van der Waals surface area contributed by atoms with Gasteiger partial charge in [0.05, 0.1) is 12.5 Å². The summed E-state index contributed by atoms with van der Waals surface area (Å²) in [5.74, 6) is 1.93. The highest BCUT2D eigenvalue weighted by Gasteiger charge is 2.26. The summed E-state index contributed by atoms with van der Waals surface area (Å²) >= 11 is 0. The summed E-state index contributed by atoms with van der Waals surface area (Å²) in [6, 6.07) is -0.146. The summed E-state index contributed by atoms with van der Waals surface area (Å²) in [4.78, 5) is 24.2. The molecule has 0 heterocycles. The Morgan fingerprint density at radius 3 is 2.74 bits per heavy atom. The molecule has 1 unspecified atom stereocenters. The number of carbonyl (C=O) groups is 2. The van der Waals surface area contributed by atoms with E-state index in [4.69, 9.17) is 11.5 Å². The summed E-state index contributed by atoms with van der Waals surface area (Å²) in [5, 5.41) is 11.5. The Morgan fingerprint density at radius 2 is 2.21 bits per heavy atom. The summed E-state index contributed by atoms with van der Waals surface area (Å²) in [7, 11) is 0. The van der Waals surface area contributed by atoms with Crippen molar-refractivity contribution in [2.24, 2.45) is 11.8 Å². The molecular formula is C14H22N2O3. The van der Waals surface area contributed by atoms with E-state index >= 15 is 0 Å². The molecule has 0 bridgehead atoms. The number of amides is 2. The maximum Gasteiger partial charge on any atom is 0.318 e. The molecule has 1 aliphatic carbocycles. The lowest BCUT2D eigenvalue weighted by atomic mass is 10.1. The molecule has 0 aromatic carbocycles. The molecule has 1 rings (SSSR count). The largest absolute Gasteiger partial charge is 0.481 e. The second-order valence-electron chi connectivity index (χ2n) is 5.14. The third kappa shape index (κ3) is 6.14. The normalized spacial score (nSPS) is 15.4. The minimum absolute atomic E-state index is 0.146. The highest BCUT2D eigenvalue weighted by atomic mass is 16.4. The van der Waals surface area contributed by atoms with Crippen LogP contribution in [0.1, 0.15) is 32.6 Å². The fourth-order valence-electron chi connectivity index (χ4n) is 1.78. The van der Waals surface area contributed by atoms with Crippen LogP contribution in [0.25, 0.3) is 0 Å². The van der Waals surface area contributed by atoms with Crippen LogP contribution in [0.4, 0.5) is 4.79 Å². The molecule has 1 aliphatic rings. The Morgan fingerprint density at radius 1 is 1.53 bits per heavy atom. The quantitative estimate of drug-likeness (QED) is 0.517. The zero-order valence-electron chi connectivity index (χ0n) is 11.4. The van der Waals surface area contributed by atoms with E-state index in [2.05, 4.69) is 11.2 Å². The fraction of sp³-hybridized carbons (Fsp3) is 0.714. The van der Waals surface area contributed by atoms with Gasteiger partial charge in [-0.2, -0.15) is 0 Å². The molecule has 0 saturated heterocycles. The first-order valence-electron chi connectivity index (χ1n) is 6.73. The Kier molecular flexibility index (Phi) is 6.20. The lowest BCUT2D eigenvalue weighted by Gasteiger charge is -2.20. The van der Waals surface area contributed by atoms with Gasteiger partial charge in [0.15, 0.2) is 0 Å². The zero-order chi connectivity index (χ0) is 14.3. The van der Waals surface area contributed by atoms with Crippen LogP contribution in [0, 0.1) is 24.2 Å². The number of nitrogens with zero attached hydrogens (tertiary/aromatic N) is 1. The van der Waals surface area contributed by atoms with Gasteiger partial charge in [-0.15, -0.1) is 6.42 Å². The van der Waals surface area contributed by atoms with E-state index in [0.717, 1.165) is 6.54 Å². The van der Waals surface area contributed by atoms with Crippen molar-refractivity contribution in [2.45, 2.75) is 32.6 Å². The molecule has 5 nitrogen and oxygen atoms in total. The van der Waals surface area contributed by atoms with Crippen LogP contribution in [-0.4, -0.2) is 41.6 Å². The zero-order valence-corrected chi connectivity index (χ0v) is 11.4. The fourth-order valence-corrected chi connectivity index (χ4v) is 1.78. The number of hydrogen-bond acceptors (Lipinski definition) is 2. The average Bonchev–Trinajstić information content (AvgIpc) is 3.17. The number of carboxylic acid groups (broad SMARTS) is 1. The van der Waals surface area contributed by atoms with E-state index in [1.165, 1.54) is 12.8 Å². The molecule has 0 aromatic rings. The molecule has 0 spiro atoms. The summed E-state index contributed by atoms with van der Waals surface area (Å²) in [6.45, 7) is 3.21. The molecule has 19 heavy (non-hydrogen) atoms. The van der Waals surface area contributed by atoms with E-state index in [9.17, 15) is 9.59 Å². The smallest absolute Gasteiger partial charge is 0.318 e. The molecule has 2 amide bonds. The van der Waals surface area contributed by atoms with Crippen molar-refractivity contribution in [3.05, 3.63) is 0 Å². The first-order chi connectivity index (χ1) is 9.04. The van der Waals surface area contributed by atoms with Crippen molar-refractivity contribution in [2.75, 3.05) is 19.6 Å². The Balaban J connectivity index is 2.20. The lowest BCUT2D eigenvalue weighted by Crippen LogP contribution is -2.41. The number of carboxylic acids is 1. The number of terminal acetylenes is 1. The van der Waals surface area contributed by atoms with E-state index in [-0.39, 0.29) is 11.9 Å². The topological polar surface area (TPSA) is 69.6 Å². The van der Waals surface area contributed by atoms with Crippen molar-refractivity contribution < 1.29 is 14.7 Å². The molecule has 0 aromatic heterocycles. The summed E-state index contributed by atoms with van der Waals surface area (Å²) < 4.78 is 0. The first kappa shape index (κ1) is 15.4. The SMILES string of the molecule is C#CCN(CC1CC1)C(=O)NCCCC(C)C(=O)O. The molecule has 0 aliphatic heterocycles. The van der Waals surface area contributed by atoms with Crippen LogP contribution >= 0.6 is 0 Å². The minimum atomic E-state index is -0.797. The Labute approximate surface area is 114 Å². The third-order valence-electron chi connectivity index (χ3n) is 3.26. The molecule has 2 N–H and O–H groups in total. The number of nitrogens with one attached hydrogen (secondary N) is 1. The second-order valence-corrected chi connectivity index (χ2v) is 5.14. The van der Waals surface area contributed by atoms with Gasteiger partial charge in [0.2, 0.25) is 0 Å². The molecule has 106 valence electrons. The van der Waals surface area contributed by atoms with Crippen LogP contribution in [0.5, 0.6) is 0 Å². The van der Waals surface area contributed by atoms with Gasteiger partial charge in [0.25, 0.3) is 0 Å². The van der Waals surface area contributed by atoms with Crippen LogP contribution in [0.15, 0.2) is 0 Å². The van der Waals surface area contributed by atoms with Crippen molar-refractivity contribution in [3.8, 4) is 12.3 Å². The number of urea groups is 1. The molecule has 5 heteroatoms. The van der Waals surface area contributed by atoms with Gasteiger partial charge in [-0.25, -0.2) is 4.79 Å².